The van der Waals surface area contributed by atoms with Crippen molar-refractivity contribution >= 4 is 12.2 Å². The molecule has 0 radical (unpaired) electrons. The second-order valence-electron chi connectivity index (χ2n) is 4.86. The van der Waals surface area contributed by atoms with E-state index in [1.165, 1.54) is 24.0 Å². The summed E-state index contributed by atoms with van der Waals surface area (Å²) in [5, 5.41) is 7.00. The zero-order chi connectivity index (χ0) is 14.1. The van der Waals surface area contributed by atoms with Gasteiger partial charge in [-0.3, -0.25) is 0 Å². The molecule has 0 atom stereocenters. The van der Waals surface area contributed by atoms with Gasteiger partial charge in [0, 0.05) is 7.11 Å². The zero-order valence-corrected chi connectivity index (χ0v) is 16.0. The fourth-order valence-corrected chi connectivity index (χ4v) is 2.34. The number of rotatable bonds is 3. The number of benzene rings is 1. The van der Waals surface area contributed by atoms with Crippen LogP contribution in [0.4, 0.5) is 0 Å². The van der Waals surface area contributed by atoms with Gasteiger partial charge < -0.3 is 10.8 Å². The Morgan fingerprint density at radius 2 is 1.45 bits per heavy atom. The predicted octanol–water partition coefficient (Wildman–Crippen LogP) is 1.71. The van der Waals surface area contributed by atoms with Crippen LogP contribution in [-0.2, 0) is 0 Å². The first-order chi connectivity index (χ1) is 9.22. The SMILES string of the molecule is C/C=C/c1ccc(/C=C/C2([NH-])CCCC2)cc1.CO.[K+]. The molecule has 0 aliphatic heterocycles. The molecule has 2 N–H and O–H groups in total. The van der Waals surface area contributed by atoms with Gasteiger partial charge in [0.2, 0.25) is 0 Å². The van der Waals surface area contributed by atoms with Gasteiger partial charge in [-0.15, -0.1) is 5.54 Å². The van der Waals surface area contributed by atoms with Crippen LogP contribution in [0.3, 0.4) is 0 Å². The van der Waals surface area contributed by atoms with Crippen molar-refractivity contribution < 1.29 is 56.5 Å². The third-order valence-electron chi connectivity index (χ3n) is 3.39. The molecule has 1 aliphatic rings. The minimum Gasteiger partial charge on any atom is -0.669 e. The van der Waals surface area contributed by atoms with E-state index in [9.17, 15) is 0 Å². The summed E-state index contributed by atoms with van der Waals surface area (Å²) in [4.78, 5) is 0. The van der Waals surface area contributed by atoms with Gasteiger partial charge in [-0.1, -0.05) is 74.3 Å². The predicted molar refractivity (Wildman–Crippen MR) is 83.8 cm³/mol. The van der Waals surface area contributed by atoms with Crippen LogP contribution in [0, 0.1) is 0 Å². The molecule has 1 fully saturated rings. The van der Waals surface area contributed by atoms with Gasteiger partial charge in [-0.05, 0) is 18.1 Å². The molecule has 1 aromatic rings. The van der Waals surface area contributed by atoms with E-state index in [1.54, 1.807) is 0 Å². The van der Waals surface area contributed by atoms with Crippen LogP contribution >= 0.6 is 0 Å². The summed E-state index contributed by atoms with van der Waals surface area (Å²) in [6.07, 6.45) is 12.7. The first kappa shape index (κ1) is 20.3. The number of hydrogen-bond donors (Lipinski definition) is 1. The maximum absolute atomic E-state index is 8.24. The standard InChI is InChI=1S/C16H20N.CH4O.K/c1-2-5-14-6-8-15(9-7-14)10-13-16(17)11-3-4-12-16;1-2;/h2,5-10,13,17H,3-4,11-12H2,1H3;2H,1H3;/q-1;;+1/b5-2+,13-10+;;. The Bertz CT molecular complexity index is 417. The number of aliphatic hydroxyl groups is 1. The van der Waals surface area contributed by atoms with Crippen molar-refractivity contribution in [2.75, 3.05) is 7.11 Å². The smallest absolute Gasteiger partial charge is 0.669 e. The van der Waals surface area contributed by atoms with Crippen LogP contribution in [-0.4, -0.2) is 17.8 Å². The van der Waals surface area contributed by atoms with Gasteiger partial charge in [0.15, 0.2) is 0 Å². The minimum atomic E-state index is -0.304. The van der Waals surface area contributed by atoms with E-state index in [0.29, 0.717) is 0 Å². The van der Waals surface area contributed by atoms with E-state index in [2.05, 4.69) is 42.5 Å². The second-order valence-corrected chi connectivity index (χ2v) is 4.86. The van der Waals surface area contributed by atoms with Gasteiger partial charge in [-0.2, -0.15) is 0 Å². The Kier molecular flexibility index (Phi) is 11.0. The van der Waals surface area contributed by atoms with Crippen molar-refractivity contribution in [2.45, 2.75) is 38.1 Å². The van der Waals surface area contributed by atoms with Gasteiger partial charge in [0.1, 0.15) is 0 Å². The third-order valence-corrected chi connectivity index (χ3v) is 3.39. The Hall–Kier alpha value is 0.256. The maximum Gasteiger partial charge on any atom is 1.00 e. The molecule has 0 bridgehead atoms. The topological polar surface area (TPSA) is 44.0 Å². The van der Waals surface area contributed by atoms with Gasteiger partial charge >= 0.3 is 51.4 Å². The summed E-state index contributed by atoms with van der Waals surface area (Å²) in [5.41, 5.74) is 10.4. The first-order valence-corrected chi connectivity index (χ1v) is 6.84. The molecule has 1 aliphatic carbocycles. The van der Waals surface area contributed by atoms with Gasteiger partial charge in [0.05, 0.1) is 0 Å². The number of aliphatic hydroxyl groups excluding tert-OH is 1. The van der Waals surface area contributed by atoms with E-state index in [4.69, 9.17) is 10.8 Å². The molecule has 0 amide bonds. The van der Waals surface area contributed by atoms with Gasteiger partial charge in [0.25, 0.3) is 0 Å². The van der Waals surface area contributed by atoms with E-state index < -0.39 is 0 Å². The number of allylic oxidation sites excluding steroid dienone is 1. The van der Waals surface area contributed by atoms with E-state index >= 15 is 0 Å². The average Bonchev–Trinajstić information content (AvgIpc) is 2.88. The summed E-state index contributed by atoms with van der Waals surface area (Å²) in [7, 11) is 1.00. The molecule has 3 heteroatoms. The molecule has 104 valence electrons. The third kappa shape index (κ3) is 6.81. The molecule has 1 aromatic carbocycles. The zero-order valence-electron chi connectivity index (χ0n) is 12.9. The quantitative estimate of drug-likeness (QED) is 0.848. The van der Waals surface area contributed by atoms with Crippen molar-refractivity contribution in [3.8, 4) is 0 Å². The van der Waals surface area contributed by atoms with E-state index in [0.717, 1.165) is 20.0 Å². The molecule has 20 heavy (non-hydrogen) atoms. The fraction of sp³-hybridized carbons (Fsp3) is 0.412. The van der Waals surface area contributed by atoms with Crippen LogP contribution in [0.25, 0.3) is 17.9 Å². The molecule has 0 spiro atoms. The van der Waals surface area contributed by atoms with Crippen molar-refractivity contribution in [1.29, 1.82) is 0 Å². The Morgan fingerprint density at radius 1 is 1.00 bits per heavy atom. The van der Waals surface area contributed by atoms with Gasteiger partial charge in [-0.25, -0.2) is 0 Å². The van der Waals surface area contributed by atoms with Crippen LogP contribution < -0.4 is 51.4 Å². The van der Waals surface area contributed by atoms with Crippen molar-refractivity contribution in [2.24, 2.45) is 0 Å². The van der Waals surface area contributed by atoms with Crippen LogP contribution in [0.2, 0.25) is 0 Å². The Labute approximate surface area is 165 Å². The normalized spacial score (nSPS) is 16.8. The van der Waals surface area contributed by atoms with E-state index in [1.807, 2.05) is 13.0 Å². The molecule has 1 saturated carbocycles. The Morgan fingerprint density at radius 3 is 1.90 bits per heavy atom. The molecule has 0 unspecified atom stereocenters. The van der Waals surface area contributed by atoms with Crippen molar-refractivity contribution in [1.82, 2.24) is 0 Å². The van der Waals surface area contributed by atoms with Crippen molar-refractivity contribution in [3.05, 3.63) is 53.3 Å². The summed E-state index contributed by atoms with van der Waals surface area (Å²) in [5.74, 6) is 0. The average molecular weight is 297 g/mol. The molecule has 0 saturated heterocycles. The largest absolute Gasteiger partial charge is 1.00 e. The first-order valence-electron chi connectivity index (χ1n) is 6.84. The van der Waals surface area contributed by atoms with Crippen molar-refractivity contribution in [3.63, 3.8) is 0 Å². The molecule has 2 rings (SSSR count). The minimum absolute atomic E-state index is 0. The maximum atomic E-state index is 8.24. The monoisotopic (exact) mass is 297 g/mol. The molecular weight excluding hydrogens is 273 g/mol. The van der Waals surface area contributed by atoms with Crippen LogP contribution in [0.15, 0.2) is 36.4 Å². The number of hydrogen-bond acceptors (Lipinski definition) is 1. The van der Waals surface area contributed by atoms with Crippen LogP contribution in [0.5, 0.6) is 0 Å². The van der Waals surface area contributed by atoms with E-state index in [-0.39, 0.29) is 56.9 Å². The summed E-state index contributed by atoms with van der Waals surface area (Å²) < 4.78 is 0. The Balaban J connectivity index is 0.00000115. The summed E-state index contributed by atoms with van der Waals surface area (Å²) in [6.45, 7) is 2.03. The number of nitrogens with one attached hydrogen (secondary N) is 1. The van der Waals surface area contributed by atoms with Crippen LogP contribution in [0.1, 0.15) is 43.7 Å². The molecular formula is C17H24KNO. The fourth-order valence-electron chi connectivity index (χ4n) is 2.34. The molecule has 0 aromatic heterocycles. The molecule has 2 nitrogen and oxygen atoms in total. The molecule has 0 heterocycles. The second kappa shape index (κ2) is 10.9. The summed E-state index contributed by atoms with van der Waals surface area (Å²) >= 11 is 0. The summed E-state index contributed by atoms with van der Waals surface area (Å²) in [6, 6.07) is 8.46.